The zero-order valence-electron chi connectivity index (χ0n) is 11.9. The van der Waals surface area contributed by atoms with E-state index >= 15 is 0 Å². The minimum atomic E-state index is -0.00234. The molecule has 0 fully saturated rings. The number of anilines is 1. The maximum atomic E-state index is 8.98. The van der Waals surface area contributed by atoms with Crippen molar-refractivity contribution in [1.82, 2.24) is 14.8 Å². The quantitative estimate of drug-likeness (QED) is 0.637. The lowest BCUT2D eigenvalue weighted by molar-refractivity contribution is 0.302. The van der Waals surface area contributed by atoms with E-state index in [0.717, 1.165) is 16.7 Å². The van der Waals surface area contributed by atoms with Crippen molar-refractivity contribution in [2.75, 3.05) is 18.2 Å². The molecule has 0 aliphatic rings. The van der Waals surface area contributed by atoms with Gasteiger partial charge in [0.15, 0.2) is 5.65 Å². The van der Waals surface area contributed by atoms with Crippen molar-refractivity contribution >= 4 is 16.9 Å². The average molecular weight is 263 g/mol. The van der Waals surface area contributed by atoms with E-state index in [1.54, 1.807) is 4.68 Å². The van der Waals surface area contributed by atoms with Crippen LogP contribution in [0.15, 0.2) is 6.07 Å². The standard InChI is InChI=1S/C13H21N5O/c1-8(2)10-7-11(18(14)5-6-19)15-13-12(10)9(3)16-17(13)4/h7-8,19H,5-6,14H2,1-4H3. The number of rotatable bonds is 4. The van der Waals surface area contributed by atoms with Crippen molar-refractivity contribution in [1.29, 1.82) is 0 Å². The first-order chi connectivity index (χ1) is 8.95. The number of hydrogen-bond acceptors (Lipinski definition) is 5. The zero-order valence-corrected chi connectivity index (χ0v) is 11.9. The Morgan fingerprint density at radius 3 is 2.74 bits per heavy atom. The van der Waals surface area contributed by atoms with Crippen LogP contribution < -0.4 is 10.9 Å². The molecule has 3 N–H and O–H groups in total. The number of aliphatic hydroxyl groups is 1. The van der Waals surface area contributed by atoms with Gasteiger partial charge in [0.25, 0.3) is 0 Å². The summed E-state index contributed by atoms with van der Waals surface area (Å²) in [5.74, 6) is 6.92. The molecule has 0 bridgehead atoms. The molecule has 104 valence electrons. The van der Waals surface area contributed by atoms with Crippen molar-refractivity contribution in [3.63, 3.8) is 0 Å². The van der Waals surface area contributed by atoms with E-state index < -0.39 is 0 Å². The molecular weight excluding hydrogens is 242 g/mol. The molecule has 0 amide bonds. The van der Waals surface area contributed by atoms with E-state index in [2.05, 4.69) is 23.9 Å². The first-order valence-corrected chi connectivity index (χ1v) is 6.43. The molecule has 0 spiro atoms. The third-order valence-electron chi connectivity index (χ3n) is 3.24. The van der Waals surface area contributed by atoms with Gasteiger partial charge in [0.05, 0.1) is 18.8 Å². The van der Waals surface area contributed by atoms with Crippen LogP contribution in [0, 0.1) is 6.92 Å². The molecule has 6 nitrogen and oxygen atoms in total. The lowest BCUT2D eigenvalue weighted by Gasteiger charge is -2.18. The number of nitrogens with two attached hydrogens (primary N) is 1. The summed E-state index contributed by atoms with van der Waals surface area (Å²) < 4.78 is 1.77. The topological polar surface area (TPSA) is 80.2 Å². The minimum Gasteiger partial charge on any atom is -0.394 e. The van der Waals surface area contributed by atoms with Gasteiger partial charge in [0.2, 0.25) is 0 Å². The molecule has 2 rings (SSSR count). The predicted molar refractivity (Wildman–Crippen MR) is 76.0 cm³/mol. The van der Waals surface area contributed by atoms with E-state index in [4.69, 9.17) is 10.9 Å². The third kappa shape index (κ3) is 2.41. The number of hydrogen-bond donors (Lipinski definition) is 2. The number of aliphatic hydroxyl groups excluding tert-OH is 1. The van der Waals surface area contributed by atoms with Gasteiger partial charge in [0.1, 0.15) is 5.82 Å². The third-order valence-corrected chi connectivity index (χ3v) is 3.24. The number of hydrazine groups is 1. The lowest BCUT2D eigenvalue weighted by Crippen LogP contribution is -2.34. The molecule has 0 aliphatic heterocycles. The van der Waals surface area contributed by atoms with Crippen LogP contribution in [0.4, 0.5) is 5.82 Å². The van der Waals surface area contributed by atoms with Crippen LogP contribution in [0.1, 0.15) is 31.0 Å². The van der Waals surface area contributed by atoms with Crippen LogP contribution in [0.25, 0.3) is 11.0 Å². The zero-order chi connectivity index (χ0) is 14.2. The maximum absolute atomic E-state index is 8.98. The number of fused-ring (bicyclic) bond motifs is 1. The monoisotopic (exact) mass is 263 g/mol. The van der Waals surface area contributed by atoms with E-state index in [0.29, 0.717) is 18.3 Å². The van der Waals surface area contributed by atoms with Crippen LogP contribution in [0.5, 0.6) is 0 Å². The Hall–Kier alpha value is -1.66. The molecule has 0 saturated heterocycles. The van der Waals surface area contributed by atoms with Gasteiger partial charge in [-0.1, -0.05) is 13.8 Å². The maximum Gasteiger partial charge on any atom is 0.160 e. The summed E-state index contributed by atoms with van der Waals surface area (Å²) in [6, 6.07) is 1.98. The van der Waals surface area contributed by atoms with Crippen LogP contribution in [-0.4, -0.2) is 33.0 Å². The molecule has 0 aliphatic carbocycles. The van der Waals surface area contributed by atoms with Crippen molar-refractivity contribution in [2.24, 2.45) is 12.9 Å². The first kappa shape index (κ1) is 13.8. The Morgan fingerprint density at radius 1 is 1.47 bits per heavy atom. The van der Waals surface area contributed by atoms with Gasteiger partial charge in [-0.3, -0.25) is 9.69 Å². The highest BCUT2D eigenvalue weighted by molar-refractivity contribution is 5.84. The molecule has 0 radical (unpaired) electrons. The first-order valence-electron chi connectivity index (χ1n) is 6.43. The van der Waals surface area contributed by atoms with Crippen LogP contribution >= 0.6 is 0 Å². The van der Waals surface area contributed by atoms with Gasteiger partial charge in [0, 0.05) is 12.4 Å². The largest absolute Gasteiger partial charge is 0.394 e. The van der Waals surface area contributed by atoms with E-state index in [-0.39, 0.29) is 6.61 Å². The average Bonchev–Trinajstić information content (AvgIpc) is 2.64. The van der Waals surface area contributed by atoms with Gasteiger partial charge in [-0.25, -0.2) is 10.8 Å². The van der Waals surface area contributed by atoms with Crippen molar-refractivity contribution < 1.29 is 5.11 Å². The number of nitrogens with zero attached hydrogens (tertiary/aromatic N) is 4. The second-order valence-electron chi connectivity index (χ2n) is 5.05. The predicted octanol–water partition coefficient (Wildman–Crippen LogP) is 1.07. The molecule has 2 aromatic rings. The summed E-state index contributed by atoms with van der Waals surface area (Å²) in [7, 11) is 1.88. The Kier molecular flexibility index (Phi) is 3.73. The van der Waals surface area contributed by atoms with E-state index in [1.807, 2.05) is 20.0 Å². The summed E-state index contributed by atoms with van der Waals surface area (Å²) >= 11 is 0. The molecule has 0 unspecified atom stereocenters. The van der Waals surface area contributed by atoms with Crippen LogP contribution in [0.2, 0.25) is 0 Å². The minimum absolute atomic E-state index is 0.00234. The smallest absolute Gasteiger partial charge is 0.160 e. The lowest BCUT2D eigenvalue weighted by atomic mass is 10.00. The highest BCUT2D eigenvalue weighted by Gasteiger charge is 2.17. The molecule has 0 saturated carbocycles. The highest BCUT2D eigenvalue weighted by Crippen LogP contribution is 2.29. The van der Waals surface area contributed by atoms with Gasteiger partial charge in [-0.05, 0) is 24.5 Å². The SMILES string of the molecule is Cc1nn(C)c2nc(N(N)CCO)cc(C(C)C)c12. The Bertz CT molecular complexity index is 590. The molecule has 2 aromatic heterocycles. The van der Waals surface area contributed by atoms with Gasteiger partial charge in [-0.15, -0.1) is 0 Å². The molecule has 2 heterocycles. The van der Waals surface area contributed by atoms with E-state index in [9.17, 15) is 0 Å². The molecule has 6 heteroatoms. The van der Waals surface area contributed by atoms with Gasteiger partial charge in [-0.2, -0.15) is 5.10 Å². The summed E-state index contributed by atoms with van der Waals surface area (Å²) in [4.78, 5) is 4.55. The Balaban J connectivity index is 2.67. The van der Waals surface area contributed by atoms with Crippen molar-refractivity contribution in [3.8, 4) is 0 Å². The molecule has 19 heavy (non-hydrogen) atoms. The van der Waals surface area contributed by atoms with E-state index in [1.165, 1.54) is 10.6 Å². The highest BCUT2D eigenvalue weighted by atomic mass is 16.3. The van der Waals surface area contributed by atoms with Crippen molar-refractivity contribution in [2.45, 2.75) is 26.7 Å². The number of aromatic nitrogens is 3. The Morgan fingerprint density at radius 2 is 2.16 bits per heavy atom. The Labute approximate surface area is 112 Å². The fourth-order valence-corrected chi connectivity index (χ4v) is 2.29. The number of aryl methyl sites for hydroxylation is 2. The second kappa shape index (κ2) is 5.14. The summed E-state index contributed by atoms with van der Waals surface area (Å²) in [5.41, 5.74) is 2.98. The van der Waals surface area contributed by atoms with Gasteiger partial charge >= 0.3 is 0 Å². The van der Waals surface area contributed by atoms with Crippen molar-refractivity contribution in [3.05, 3.63) is 17.3 Å². The van der Waals surface area contributed by atoms with Crippen LogP contribution in [0.3, 0.4) is 0 Å². The summed E-state index contributed by atoms with van der Waals surface area (Å²) in [5, 5.41) is 16.0. The fourth-order valence-electron chi connectivity index (χ4n) is 2.29. The van der Waals surface area contributed by atoms with Crippen LogP contribution in [-0.2, 0) is 7.05 Å². The summed E-state index contributed by atoms with van der Waals surface area (Å²) in [6.45, 7) is 6.61. The molecular formula is C13H21N5O. The summed E-state index contributed by atoms with van der Waals surface area (Å²) in [6.07, 6.45) is 0. The normalized spacial score (nSPS) is 11.5. The molecule has 0 aromatic carbocycles. The second-order valence-corrected chi connectivity index (χ2v) is 5.05. The number of pyridine rings is 1. The molecule has 0 atom stereocenters. The van der Waals surface area contributed by atoms with Gasteiger partial charge < -0.3 is 5.11 Å². The fraction of sp³-hybridized carbons (Fsp3) is 0.538.